The number of allylic oxidation sites excluding steroid dienone is 1. The largest absolute Gasteiger partial charge is 0.497 e. The molecule has 0 aliphatic carbocycles. The van der Waals surface area contributed by atoms with Crippen molar-refractivity contribution in [2.24, 2.45) is 4.99 Å². The number of carbonyl (C=O) groups excluding carboxylic acids is 1. The van der Waals surface area contributed by atoms with Crippen molar-refractivity contribution in [3.8, 4) is 11.5 Å². The highest BCUT2D eigenvalue weighted by molar-refractivity contribution is 8.13. The second-order valence-corrected chi connectivity index (χ2v) is 9.74. The smallest absolute Gasteiger partial charge is 0.255 e. The zero-order valence-corrected chi connectivity index (χ0v) is 22.3. The number of methoxy groups -OCH3 is 2. The van der Waals surface area contributed by atoms with E-state index in [1.807, 2.05) is 61.5 Å². The predicted molar refractivity (Wildman–Crippen MR) is 148 cm³/mol. The van der Waals surface area contributed by atoms with Gasteiger partial charge in [-0.25, -0.2) is 4.99 Å². The topological polar surface area (TPSA) is 72.0 Å². The molecule has 1 aliphatic heterocycles. The van der Waals surface area contributed by atoms with Gasteiger partial charge < -0.3 is 20.1 Å². The van der Waals surface area contributed by atoms with Crippen molar-refractivity contribution >= 4 is 51.7 Å². The van der Waals surface area contributed by atoms with Crippen LogP contribution in [-0.4, -0.2) is 25.3 Å². The molecule has 2 N–H and O–H groups in total. The molecule has 3 aromatic carbocycles. The molecule has 4 rings (SSSR count). The number of nitrogens with zero attached hydrogens (tertiary/aromatic N) is 1. The van der Waals surface area contributed by atoms with E-state index in [-0.39, 0.29) is 5.91 Å². The fraction of sp³-hybridized carbons (Fsp3) is 0.185. The van der Waals surface area contributed by atoms with Gasteiger partial charge in [-0.2, -0.15) is 0 Å². The molecule has 6 nitrogen and oxygen atoms in total. The normalized spacial score (nSPS) is 15.1. The fourth-order valence-electron chi connectivity index (χ4n) is 3.79. The number of para-hydroxylation sites is 1. The van der Waals surface area contributed by atoms with Gasteiger partial charge in [0.25, 0.3) is 5.91 Å². The van der Waals surface area contributed by atoms with Crippen molar-refractivity contribution in [1.29, 1.82) is 0 Å². The standard InChI is InChI=1S/C27H25Cl2N3O3S/c1-16-24(26(33)31-18-7-5-4-6-8-18)25(20-11-10-19(34-2)14-23(20)35-3)32-27(30-16)36-15-17-9-12-21(28)22(29)13-17/h4-14,25H,15H2,1-3H3,(H,30,32)(H,31,33)/t25-/m0/s1. The van der Waals surface area contributed by atoms with Gasteiger partial charge in [0.15, 0.2) is 5.17 Å². The van der Waals surface area contributed by atoms with Crippen LogP contribution in [0.25, 0.3) is 0 Å². The van der Waals surface area contributed by atoms with Crippen molar-refractivity contribution in [2.75, 3.05) is 19.5 Å². The van der Waals surface area contributed by atoms with Crippen LogP contribution in [0.15, 0.2) is 83.0 Å². The van der Waals surface area contributed by atoms with Crippen LogP contribution >= 0.6 is 35.0 Å². The van der Waals surface area contributed by atoms with E-state index >= 15 is 0 Å². The van der Waals surface area contributed by atoms with Crippen LogP contribution in [0.4, 0.5) is 5.69 Å². The first-order valence-electron chi connectivity index (χ1n) is 11.1. The van der Waals surface area contributed by atoms with Crippen LogP contribution in [0, 0.1) is 0 Å². The van der Waals surface area contributed by atoms with Crippen LogP contribution in [0.5, 0.6) is 11.5 Å². The second-order valence-electron chi connectivity index (χ2n) is 7.97. The van der Waals surface area contributed by atoms with Crippen molar-refractivity contribution < 1.29 is 14.3 Å². The first kappa shape index (κ1) is 25.9. The summed E-state index contributed by atoms with van der Waals surface area (Å²) >= 11 is 13.7. The van der Waals surface area contributed by atoms with Gasteiger partial charge in [0, 0.05) is 28.8 Å². The number of rotatable bonds is 7. The lowest BCUT2D eigenvalue weighted by Crippen LogP contribution is -2.32. The molecule has 9 heteroatoms. The van der Waals surface area contributed by atoms with E-state index in [4.69, 9.17) is 37.7 Å². The average molecular weight is 542 g/mol. The van der Waals surface area contributed by atoms with Gasteiger partial charge in [0.1, 0.15) is 17.5 Å². The number of anilines is 1. The Morgan fingerprint density at radius 2 is 1.81 bits per heavy atom. The molecule has 0 aromatic heterocycles. The number of ether oxygens (including phenoxy) is 2. The number of amides is 1. The summed E-state index contributed by atoms with van der Waals surface area (Å²) in [5, 5.41) is 7.97. The molecular weight excluding hydrogens is 517 g/mol. The van der Waals surface area contributed by atoms with Crippen molar-refractivity contribution in [1.82, 2.24) is 5.32 Å². The first-order valence-corrected chi connectivity index (χ1v) is 12.8. The minimum atomic E-state index is -0.591. The van der Waals surface area contributed by atoms with Crippen molar-refractivity contribution in [3.05, 3.63) is 99.2 Å². The molecule has 1 amide bonds. The molecule has 3 aromatic rings. The van der Waals surface area contributed by atoms with Gasteiger partial charge in [-0.05, 0) is 48.9 Å². The van der Waals surface area contributed by atoms with E-state index in [2.05, 4.69) is 10.6 Å². The van der Waals surface area contributed by atoms with E-state index in [1.165, 1.54) is 11.8 Å². The highest BCUT2D eigenvalue weighted by Gasteiger charge is 2.31. The molecule has 0 fully saturated rings. The third-order valence-electron chi connectivity index (χ3n) is 5.59. The molecule has 0 saturated heterocycles. The predicted octanol–water partition coefficient (Wildman–Crippen LogP) is 6.86. The van der Waals surface area contributed by atoms with Gasteiger partial charge in [-0.15, -0.1) is 0 Å². The molecule has 1 atom stereocenters. The number of aliphatic imine (C=N–C) groups is 1. The molecule has 0 radical (unpaired) electrons. The Balaban J connectivity index is 1.68. The molecule has 0 spiro atoms. The molecule has 36 heavy (non-hydrogen) atoms. The third kappa shape index (κ3) is 5.98. The van der Waals surface area contributed by atoms with Crippen LogP contribution in [0.1, 0.15) is 24.1 Å². The number of hydrogen-bond acceptors (Lipinski definition) is 6. The molecule has 186 valence electrons. The van der Waals surface area contributed by atoms with Crippen LogP contribution in [0.2, 0.25) is 10.0 Å². The minimum absolute atomic E-state index is 0.244. The Morgan fingerprint density at radius 3 is 2.50 bits per heavy atom. The summed E-state index contributed by atoms with van der Waals surface area (Å²) in [5.74, 6) is 1.61. The highest BCUT2D eigenvalue weighted by Crippen LogP contribution is 2.39. The summed E-state index contributed by atoms with van der Waals surface area (Å²) in [6.45, 7) is 1.87. The Kier molecular flexibility index (Phi) is 8.46. The summed E-state index contributed by atoms with van der Waals surface area (Å²) in [5.41, 5.74) is 3.67. The molecular formula is C27H25Cl2N3O3S. The zero-order chi connectivity index (χ0) is 25.7. The lowest BCUT2D eigenvalue weighted by molar-refractivity contribution is -0.113. The van der Waals surface area contributed by atoms with Gasteiger partial charge in [-0.3, -0.25) is 4.79 Å². The summed E-state index contributed by atoms with van der Waals surface area (Å²) < 4.78 is 11.0. The summed E-state index contributed by atoms with van der Waals surface area (Å²) in [7, 11) is 3.18. The average Bonchev–Trinajstić information content (AvgIpc) is 2.89. The number of amidine groups is 1. The highest BCUT2D eigenvalue weighted by atomic mass is 35.5. The molecule has 0 unspecified atom stereocenters. The van der Waals surface area contributed by atoms with Gasteiger partial charge in [-0.1, -0.05) is 59.2 Å². The zero-order valence-electron chi connectivity index (χ0n) is 20.0. The SMILES string of the molecule is COc1ccc([C@@H]2N=C(SCc3ccc(Cl)c(Cl)c3)NC(C)=C2C(=O)Nc2ccccc2)c(OC)c1. The number of thioether (sulfide) groups is 1. The van der Waals surface area contributed by atoms with E-state index in [1.54, 1.807) is 26.4 Å². The van der Waals surface area contributed by atoms with E-state index < -0.39 is 6.04 Å². The molecule has 1 heterocycles. The number of halogens is 2. The van der Waals surface area contributed by atoms with Crippen molar-refractivity contribution in [2.45, 2.75) is 18.7 Å². The Hall–Kier alpha value is -3.13. The summed E-state index contributed by atoms with van der Waals surface area (Å²) in [4.78, 5) is 18.4. The lowest BCUT2D eigenvalue weighted by Gasteiger charge is -2.27. The number of benzene rings is 3. The number of carbonyl (C=O) groups is 1. The minimum Gasteiger partial charge on any atom is -0.497 e. The Morgan fingerprint density at radius 1 is 1.03 bits per heavy atom. The van der Waals surface area contributed by atoms with E-state index in [0.717, 1.165) is 11.1 Å². The quantitative estimate of drug-likeness (QED) is 0.342. The van der Waals surface area contributed by atoms with E-state index in [9.17, 15) is 4.79 Å². The number of nitrogens with one attached hydrogen (secondary N) is 2. The maximum atomic E-state index is 13.5. The number of hydrogen-bond donors (Lipinski definition) is 2. The third-order valence-corrected chi connectivity index (χ3v) is 7.29. The summed E-state index contributed by atoms with van der Waals surface area (Å²) in [6.07, 6.45) is 0. The first-order chi connectivity index (χ1) is 17.4. The maximum Gasteiger partial charge on any atom is 0.255 e. The molecule has 0 bridgehead atoms. The summed E-state index contributed by atoms with van der Waals surface area (Å²) in [6, 6.07) is 19.8. The van der Waals surface area contributed by atoms with E-state index in [0.29, 0.717) is 49.4 Å². The van der Waals surface area contributed by atoms with Crippen molar-refractivity contribution in [3.63, 3.8) is 0 Å². The monoisotopic (exact) mass is 541 g/mol. The molecule has 0 saturated carbocycles. The van der Waals surface area contributed by atoms with Crippen LogP contribution < -0.4 is 20.1 Å². The van der Waals surface area contributed by atoms with Gasteiger partial charge in [0.2, 0.25) is 0 Å². The fourth-order valence-corrected chi connectivity index (χ4v) is 4.99. The van der Waals surface area contributed by atoms with Crippen LogP contribution in [-0.2, 0) is 10.5 Å². The van der Waals surface area contributed by atoms with Gasteiger partial charge in [0.05, 0.1) is 29.8 Å². The maximum absolute atomic E-state index is 13.5. The van der Waals surface area contributed by atoms with Gasteiger partial charge >= 0.3 is 0 Å². The van der Waals surface area contributed by atoms with Crippen LogP contribution in [0.3, 0.4) is 0 Å². The lowest BCUT2D eigenvalue weighted by atomic mass is 9.95. The Bertz CT molecular complexity index is 1330. The Labute approximate surface area is 224 Å². The molecule has 1 aliphatic rings. The second kappa shape index (κ2) is 11.7.